The summed E-state index contributed by atoms with van der Waals surface area (Å²) < 4.78 is 5.97. The zero-order chi connectivity index (χ0) is 18.1. The molecular weight excluding hydrogens is 326 g/mol. The van der Waals surface area contributed by atoms with Crippen LogP contribution >= 0.6 is 0 Å². The topological polar surface area (TPSA) is 48.6 Å². The number of hydrogen-bond donors (Lipinski definition) is 1. The molecule has 1 aromatic heterocycles. The molecular formula is C21H29N3O2. The summed E-state index contributed by atoms with van der Waals surface area (Å²) >= 11 is 0. The van der Waals surface area contributed by atoms with Gasteiger partial charge in [0.2, 0.25) is 0 Å². The second-order valence-corrected chi connectivity index (χ2v) is 8.23. The molecule has 26 heavy (non-hydrogen) atoms. The molecule has 2 aliphatic heterocycles. The number of aromatic nitrogens is 1. The van der Waals surface area contributed by atoms with Gasteiger partial charge in [0.05, 0.1) is 13.2 Å². The third-order valence-electron chi connectivity index (χ3n) is 5.95. The lowest BCUT2D eigenvalue weighted by atomic mass is 9.79. The van der Waals surface area contributed by atoms with Crippen LogP contribution in [0, 0.1) is 5.41 Å². The van der Waals surface area contributed by atoms with E-state index in [1.54, 1.807) is 0 Å². The first-order valence-electron chi connectivity index (χ1n) is 9.75. The van der Waals surface area contributed by atoms with E-state index in [-0.39, 0.29) is 11.3 Å². The summed E-state index contributed by atoms with van der Waals surface area (Å²) in [5.41, 5.74) is 1.91. The fourth-order valence-corrected chi connectivity index (χ4v) is 4.46. The number of nitrogens with one attached hydrogen (secondary N) is 1. The number of benzene rings is 1. The zero-order valence-corrected chi connectivity index (χ0v) is 15.8. The number of H-pyrrole nitrogens is 1. The van der Waals surface area contributed by atoms with Crippen LogP contribution in [0.3, 0.4) is 0 Å². The van der Waals surface area contributed by atoms with Crippen molar-refractivity contribution in [1.82, 2.24) is 14.8 Å². The monoisotopic (exact) mass is 355 g/mol. The molecule has 0 radical (unpaired) electrons. The minimum Gasteiger partial charge on any atom is -0.379 e. The summed E-state index contributed by atoms with van der Waals surface area (Å²) in [5.74, 6) is 0.146. The van der Waals surface area contributed by atoms with Crippen molar-refractivity contribution in [3.8, 4) is 0 Å². The Balaban J connectivity index is 1.54. The van der Waals surface area contributed by atoms with Gasteiger partial charge in [-0.15, -0.1) is 0 Å². The second-order valence-electron chi connectivity index (χ2n) is 8.23. The third-order valence-corrected chi connectivity index (χ3v) is 5.95. The number of nitrogens with zero attached hydrogens (tertiary/aromatic N) is 2. The molecule has 3 heterocycles. The highest BCUT2D eigenvalue weighted by Gasteiger charge is 2.40. The Morgan fingerprint density at radius 3 is 2.96 bits per heavy atom. The van der Waals surface area contributed by atoms with E-state index in [4.69, 9.17) is 4.74 Å². The molecule has 140 valence electrons. The average molecular weight is 355 g/mol. The summed E-state index contributed by atoms with van der Waals surface area (Å²) in [5, 5.41) is 1.09. The van der Waals surface area contributed by atoms with Crippen LogP contribution in [-0.4, -0.2) is 66.1 Å². The Labute approximate surface area is 155 Å². The van der Waals surface area contributed by atoms with Gasteiger partial charge in [-0.2, -0.15) is 0 Å². The maximum Gasteiger partial charge on any atom is 0.253 e. The van der Waals surface area contributed by atoms with Crippen LogP contribution in [0.4, 0.5) is 0 Å². The Hall–Kier alpha value is -1.85. The van der Waals surface area contributed by atoms with Crippen LogP contribution in [0.15, 0.2) is 30.5 Å². The van der Waals surface area contributed by atoms with Crippen LogP contribution in [0.25, 0.3) is 10.9 Å². The van der Waals surface area contributed by atoms with Crippen LogP contribution in [0.2, 0.25) is 0 Å². The second kappa shape index (κ2) is 7.05. The SMILES string of the molecule is CC(C)N1CCOC[C@]2(CCCN(C(=O)c3ccc4[nH]ccc4c3)C2)C1. The molecule has 0 saturated carbocycles. The van der Waals surface area contributed by atoms with Gasteiger partial charge in [0, 0.05) is 60.3 Å². The lowest BCUT2D eigenvalue weighted by molar-refractivity contribution is 0.00573. The van der Waals surface area contributed by atoms with Crippen molar-refractivity contribution in [3.05, 3.63) is 36.0 Å². The fourth-order valence-electron chi connectivity index (χ4n) is 4.46. The number of carbonyl (C=O) groups is 1. The molecule has 1 amide bonds. The van der Waals surface area contributed by atoms with Crippen molar-refractivity contribution in [1.29, 1.82) is 0 Å². The summed E-state index contributed by atoms with van der Waals surface area (Å²) in [6.07, 6.45) is 4.10. The molecule has 0 unspecified atom stereocenters. The first kappa shape index (κ1) is 17.6. The lowest BCUT2D eigenvalue weighted by Crippen LogP contribution is -2.53. The van der Waals surface area contributed by atoms with Gasteiger partial charge >= 0.3 is 0 Å². The smallest absolute Gasteiger partial charge is 0.253 e. The van der Waals surface area contributed by atoms with Gasteiger partial charge in [-0.1, -0.05) is 0 Å². The van der Waals surface area contributed by atoms with Crippen LogP contribution in [0.5, 0.6) is 0 Å². The molecule has 2 aliphatic rings. The van der Waals surface area contributed by atoms with Crippen molar-refractivity contribution >= 4 is 16.8 Å². The number of aromatic amines is 1. The number of amides is 1. The minimum absolute atomic E-state index is 0.0624. The van der Waals surface area contributed by atoms with Gasteiger partial charge < -0.3 is 14.6 Å². The van der Waals surface area contributed by atoms with Gasteiger partial charge in [-0.05, 0) is 51.0 Å². The van der Waals surface area contributed by atoms with Crippen LogP contribution < -0.4 is 0 Å². The number of hydrogen-bond acceptors (Lipinski definition) is 3. The van der Waals surface area contributed by atoms with E-state index in [2.05, 4.69) is 23.7 Å². The Kier molecular flexibility index (Phi) is 4.76. The van der Waals surface area contributed by atoms with Crippen molar-refractivity contribution < 1.29 is 9.53 Å². The van der Waals surface area contributed by atoms with Gasteiger partial charge in [0.15, 0.2) is 0 Å². The van der Waals surface area contributed by atoms with Crippen molar-refractivity contribution in [3.63, 3.8) is 0 Å². The van der Waals surface area contributed by atoms with E-state index in [0.717, 1.165) is 68.7 Å². The summed E-state index contributed by atoms with van der Waals surface area (Å²) in [6, 6.07) is 8.46. The zero-order valence-electron chi connectivity index (χ0n) is 15.8. The van der Waals surface area contributed by atoms with E-state index in [1.807, 2.05) is 35.4 Å². The molecule has 1 aromatic carbocycles. The number of rotatable bonds is 2. The van der Waals surface area contributed by atoms with Crippen LogP contribution in [0.1, 0.15) is 37.0 Å². The quantitative estimate of drug-likeness (QED) is 0.900. The van der Waals surface area contributed by atoms with E-state index >= 15 is 0 Å². The molecule has 4 rings (SSSR count). The lowest BCUT2D eigenvalue weighted by Gasteiger charge is -2.44. The van der Waals surface area contributed by atoms with Crippen molar-refractivity contribution in [2.45, 2.75) is 32.7 Å². The van der Waals surface area contributed by atoms with Gasteiger partial charge in [0.25, 0.3) is 5.91 Å². The summed E-state index contributed by atoms with van der Waals surface area (Å²) in [6.45, 7) is 9.68. The standard InChI is InChI=1S/C21H29N3O2/c1-16(2)23-10-11-26-15-21(13-23)7-3-9-24(14-21)20(25)18-4-5-19-17(12-18)6-8-22-19/h4-6,8,12,16,22H,3,7,9-11,13-15H2,1-2H3/t21-/m1/s1. The Morgan fingerprint density at radius 2 is 2.12 bits per heavy atom. The summed E-state index contributed by atoms with van der Waals surface area (Å²) in [4.78, 5) is 20.9. The maximum atomic E-state index is 13.2. The maximum absolute atomic E-state index is 13.2. The first-order valence-corrected chi connectivity index (χ1v) is 9.75. The molecule has 1 spiro atoms. The number of piperidine rings is 1. The van der Waals surface area contributed by atoms with Crippen molar-refractivity contribution in [2.75, 3.05) is 39.4 Å². The van der Waals surface area contributed by atoms with Crippen molar-refractivity contribution in [2.24, 2.45) is 5.41 Å². The first-order chi connectivity index (χ1) is 12.6. The molecule has 1 N–H and O–H groups in total. The normalized spacial score (nSPS) is 25.1. The van der Waals surface area contributed by atoms with Gasteiger partial charge in [0.1, 0.15) is 0 Å². The average Bonchev–Trinajstić information content (AvgIpc) is 3.02. The van der Waals surface area contributed by atoms with E-state index in [9.17, 15) is 4.79 Å². The van der Waals surface area contributed by atoms with E-state index in [1.165, 1.54) is 0 Å². The van der Waals surface area contributed by atoms with E-state index < -0.39 is 0 Å². The molecule has 5 heteroatoms. The molecule has 5 nitrogen and oxygen atoms in total. The minimum atomic E-state index is 0.0624. The van der Waals surface area contributed by atoms with Crippen LogP contribution in [-0.2, 0) is 4.74 Å². The number of likely N-dealkylation sites (tertiary alicyclic amines) is 1. The highest BCUT2D eigenvalue weighted by atomic mass is 16.5. The molecule has 0 aliphatic carbocycles. The van der Waals surface area contributed by atoms with Gasteiger partial charge in [-0.3, -0.25) is 9.69 Å². The number of ether oxygens (including phenoxy) is 1. The Morgan fingerprint density at radius 1 is 1.23 bits per heavy atom. The predicted octanol–water partition coefficient (Wildman–Crippen LogP) is 3.13. The highest BCUT2D eigenvalue weighted by molar-refractivity contribution is 5.98. The third kappa shape index (κ3) is 3.38. The predicted molar refractivity (Wildman–Crippen MR) is 103 cm³/mol. The highest BCUT2D eigenvalue weighted by Crippen LogP contribution is 2.34. The molecule has 0 bridgehead atoms. The fraction of sp³-hybridized carbons (Fsp3) is 0.571. The van der Waals surface area contributed by atoms with Gasteiger partial charge in [-0.25, -0.2) is 0 Å². The molecule has 1 atom stereocenters. The molecule has 2 saturated heterocycles. The Bertz CT molecular complexity index is 784. The molecule has 2 aromatic rings. The largest absolute Gasteiger partial charge is 0.379 e. The molecule has 2 fully saturated rings. The van der Waals surface area contributed by atoms with E-state index in [0.29, 0.717) is 6.04 Å². The summed E-state index contributed by atoms with van der Waals surface area (Å²) in [7, 11) is 0. The number of carbonyl (C=O) groups excluding carboxylic acids is 1. The number of fused-ring (bicyclic) bond motifs is 1.